The van der Waals surface area contributed by atoms with Crippen molar-refractivity contribution in [2.24, 2.45) is 0 Å². The number of aliphatic hydroxyl groups is 1. The van der Waals surface area contributed by atoms with Crippen molar-refractivity contribution in [2.45, 2.75) is 51.2 Å². The standard InChI is InChI=1S/C27H31NO5/c1-27(2,3)18-12-13-21(32-4)20(15-18)24(29)22-23(17-9-6-5-7-10-17)28(26(31)25(22)30)16-19-11-8-14-33-19/h5-7,9-10,12-13,15,19,23,29H,8,11,14,16H2,1-4H3/b24-22+. The fraction of sp³-hybridized carbons (Fsp3) is 0.407. The highest BCUT2D eigenvalue weighted by molar-refractivity contribution is 6.46. The number of rotatable bonds is 5. The summed E-state index contributed by atoms with van der Waals surface area (Å²) in [6.07, 6.45) is 1.65. The topological polar surface area (TPSA) is 76.1 Å². The molecule has 2 aliphatic rings. The van der Waals surface area contributed by atoms with Crippen LogP contribution in [0.2, 0.25) is 0 Å². The molecule has 6 heteroatoms. The minimum absolute atomic E-state index is 0.0774. The summed E-state index contributed by atoms with van der Waals surface area (Å²) in [7, 11) is 1.52. The fourth-order valence-electron chi connectivity index (χ4n) is 4.56. The van der Waals surface area contributed by atoms with Gasteiger partial charge in [-0.15, -0.1) is 0 Å². The minimum atomic E-state index is -0.696. The highest BCUT2D eigenvalue weighted by atomic mass is 16.5. The van der Waals surface area contributed by atoms with Gasteiger partial charge in [0.25, 0.3) is 11.7 Å². The van der Waals surface area contributed by atoms with Crippen molar-refractivity contribution in [3.05, 3.63) is 70.8 Å². The third kappa shape index (κ3) is 4.40. The zero-order valence-corrected chi connectivity index (χ0v) is 19.6. The molecule has 1 N–H and O–H groups in total. The maximum absolute atomic E-state index is 13.3. The lowest BCUT2D eigenvalue weighted by Crippen LogP contribution is -2.36. The molecule has 0 spiro atoms. The van der Waals surface area contributed by atoms with E-state index in [1.165, 1.54) is 7.11 Å². The molecule has 2 atom stereocenters. The van der Waals surface area contributed by atoms with Gasteiger partial charge in [0.1, 0.15) is 11.5 Å². The lowest BCUT2D eigenvalue weighted by atomic mass is 9.85. The molecule has 6 nitrogen and oxygen atoms in total. The molecule has 0 saturated carbocycles. The SMILES string of the molecule is COc1ccc(C(C)(C)C)cc1/C(O)=C1\C(=O)C(=O)N(CC2CCCO2)C1c1ccccc1. The third-order valence-corrected chi connectivity index (χ3v) is 6.40. The average molecular weight is 450 g/mol. The molecule has 0 radical (unpaired) electrons. The van der Waals surface area contributed by atoms with Gasteiger partial charge in [0.2, 0.25) is 0 Å². The van der Waals surface area contributed by atoms with Crippen molar-refractivity contribution in [3.63, 3.8) is 0 Å². The van der Waals surface area contributed by atoms with E-state index in [1.54, 1.807) is 11.0 Å². The van der Waals surface area contributed by atoms with Crippen molar-refractivity contribution >= 4 is 17.4 Å². The van der Waals surface area contributed by atoms with Crippen LogP contribution in [0.3, 0.4) is 0 Å². The number of aliphatic hydroxyl groups excluding tert-OH is 1. The molecular formula is C27H31NO5. The van der Waals surface area contributed by atoms with Crippen molar-refractivity contribution in [1.82, 2.24) is 4.90 Å². The van der Waals surface area contributed by atoms with Crippen LogP contribution in [0.1, 0.15) is 56.3 Å². The Balaban J connectivity index is 1.88. The van der Waals surface area contributed by atoms with Gasteiger partial charge in [0.05, 0.1) is 30.4 Å². The molecule has 4 rings (SSSR count). The maximum Gasteiger partial charge on any atom is 0.295 e. The van der Waals surface area contributed by atoms with Crippen molar-refractivity contribution < 1.29 is 24.2 Å². The zero-order valence-electron chi connectivity index (χ0n) is 19.6. The molecule has 2 aliphatic heterocycles. The Morgan fingerprint density at radius 3 is 2.48 bits per heavy atom. The van der Waals surface area contributed by atoms with Crippen LogP contribution in [0.25, 0.3) is 5.76 Å². The molecule has 0 aliphatic carbocycles. The van der Waals surface area contributed by atoms with Gasteiger partial charge in [0.15, 0.2) is 0 Å². The van der Waals surface area contributed by atoms with Crippen LogP contribution in [0, 0.1) is 0 Å². The van der Waals surface area contributed by atoms with Gasteiger partial charge in [-0.3, -0.25) is 9.59 Å². The monoisotopic (exact) mass is 449 g/mol. The Kier molecular flexibility index (Phi) is 6.30. The first-order valence-corrected chi connectivity index (χ1v) is 11.4. The normalized spacial score (nSPS) is 22.7. The molecule has 2 saturated heterocycles. The Bertz CT molecular complexity index is 1080. The van der Waals surface area contributed by atoms with Crippen LogP contribution < -0.4 is 4.74 Å². The fourth-order valence-corrected chi connectivity index (χ4v) is 4.56. The summed E-state index contributed by atoms with van der Waals surface area (Å²) in [5.74, 6) is -1.09. The second-order valence-corrected chi connectivity index (χ2v) is 9.66. The number of nitrogens with zero attached hydrogens (tertiary/aromatic N) is 1. The molecule has 33 heavy (non-hydrogen) atoms. The summed E-state index contributed by atoms with van der Waals surface area (Å²) in [6, 6.07) is 14.2. The average Bonchev–Trinajstić information content (AvgIpc) is 3.40. The number of benzene rings is 2. The highest BCUT2D eigenvalue weighted by Gasteiger charge is 2.47. The van der Waals surface area contributed by atoms with E-state index < -0.39 is 17.7 Å². The molecule has 0 aromatic heterocycles. The van der Waals surface area contributed by atoms with E-state index in [0.717, 1.165) is 24.0 Å². The van der Waals surface area contributed by atoms with E-state index in [0.29, 0.717) is 24.5 Å². The minimum Gasteiger partial charge on any atom is -0.507 e. The van der Waals surface area contributed by atoms with E-state index in [2.05, 4.69) is 20.8 Å². The van der Waals surface area contributed by atoms with Crippen LogP contribution >= 0.6 is 0 Å². The van der Waals surface area contributed by atoms with Crippen LogP contribution in [0.15, 0.2) is 54.1 Å². The molecule has 2 heterocycles. The van der Waals surface area contributed by atoms with E-state index in [-0.39, 0.29) is 22.9 Å². The molecule has 0 bridgehead atoms. The summed E-state index contributed by atoms with van der Waals surface area (Å²) < 4.78 is 11.3. The summed E-state index contributed by atoms with van der Waals surface area (Å²) in [5, 5.41) is 11.5. The van der Waals surface area contributed by atoms with E-state index in [4.69, 9.17) is 9.47 Å². The smallest absolute Gasteiger partial charge is 0.295 e. The van der Waals surface area contributed by atoms with Crippen LogP contribution in [-0.2, 0) is 19.7 Å². The second kappa shape index (κ2) is 9.02. The van der Waals surface area contributed by atoms with Gasteiger partial charge >= 0.3 is 0 Å². The van der Waals surface area contributed by atoms with Crippen LogP contribution in [0.5, 0.6) is 5.75 Å². The first-order chi connectivity index (χ1) is 15.7. The van der Waals surface area contributed by atoms with Crippen molar-refractivity contribution in [1.29, 1.82) is 0 Å². The number of carbonyl (C=O) groups excluding carboxylic acids is 2. The van der Waals surface area contributed by atoms with E-state index >= 15 is 0 Å². The number of carbonyl (C=O) groups is 2. The molecule has 1 amide bonds. The Morgan fingerprint density at radius 2 is 1.88 bits per heavy atom. The van der Waals surface area contributed by atoms with Crippen molar-refractivity contribution in [3.8, 4) is 5.75 Å². The number of methoxy groups -OCH3 is 1. The summed E-state index contributed by atoms with van der Waals surface area (Å²) >= 11 is 0. The van der Waals surface area contributed by atoms with E-state index in [9.17, 15) is 14.7 Å². The molecule has 2 fully saturated rings. The summed E-state index contributed by atoms with van der Waals surface area (Å²) in [6.45, 7) is 7.18. The van der Waals surface area contributed by atoms with Gasteiger partial charge < -0.3 is 19.5 Å². The largest absolute Gasteiger partial charge is 0.507 e. The van der Waals surface area contributed by atoms with Gasteiger partial charge in [-0.05, 0) is 41.5 Å². The van der Waals surface area contributed by atoms with Gasteiger partial charge in [0, 0.05) is 13.2 Å². The number of hydrogen-bond donors (Lipinski definition) is 1. The van der Waals surface area contributed by atoms with Gasteiger partial charge in [-0.2, -0.15) is 0 Å². The molecule has 2 aromatic carbocycles. The number of likely N-dealkylation sites (tertiary alicyclic amines) is 1. The first-order valence-electron chi connectivity index (χ1n) is 11.4. The zero-order chi connectivity index (χ0) is 23.8. The Hall–Kier alpha value is -3.12. The summed E-state index contributed by atoms with van der Waals surface area (Å²) in [5.41, 5.74) is 2.05. The number of hydrogen-bond acceptors (Lipinski definition) is 5. The lowest BCUT2D eigenvalue weighted by molar-refractivity contribution is -0.140. The van der Waals surface area contributed by atoms with Gasteiger partial charge in [-0.25, -0.2) is 0 Å². The first kappa shape index (κ1) is 23.1. The molecular weight excluding hydrogens is 418 g/mol. The second-order valence-electron chi connectivity index (χ2n) is 9.66. The number of amides is 1. The Labute approximate surface area is 194 Å². The predicted molar refractivity (Wildman–Crippen MR) is 126 cm³/mol. The summed E-state index contributed by atoms with van der Waals surface area (Å²) in [4.78, 5) is 28.0. The molecule has 2 unspecified atom stereocenters. The third-order valence-electron chi connectivity index (χ3n) is 6.40. The Morgan fingerprint density at radius 1 is 1.15 bits per heavy atom. The van der Waals surface area contributed by atoms with Gasteiger partial charge in [-0.1, -0.05) is 57.2 Å². The number of ether oxygens (including phenoxy) is 2. The molecule has 174 valence electrons. The number of ketones is 1. The number of Topliss-reactive ketones (excluding diaryl/α,β-unsaturated/α-hetero) is 1. The van der Waals surface area contributed by atoms with Crippen LogP contribution in [-0.4, -0.2) is 48.1 Å². The quantitative estimate of drug-likeness (QED) is 0.410. The van der Waals surface area contributed by atoms with Crippen molar-refractivity contribution in [2.75, 3.05) is 20.3 Å². The highest BCUT2D eigenvalue weighted by Crippen LogP contribution is 2.42. The molecule has 2 aromatic rings. The van der Waals surface area contributed by atoms with Crippen LogP contribution in [0.4, 0.5) is 0 Å². The predicted octanol–water partition coefficient (Wildman–Crippen LogP) is 4.59. The van der Waals surface area contributed by atoms with E-state index in [1.807, 2.05) is 42.5 Å². The maximum atomic E-state index is 13.3. The lowest BCUT2D eigenvalue weighted by Gasteiger charge is -2.27.